The molecular formula is C27H29F5N4O6S. The number of benzene rings is 2. The van der Waals surface area contributed by atoms with Gasteiger partial charge in [0.1, 0.15) is 28.9 Å². The monoisotopic (exact) mass is 632 g/mol. The van der Waals surface area contributed by atoms with Crippen LogP contribution >= 0.6 is 0 Å². The number of piperidine rings is 1. The van der Waals surface area contributed by atoms with E-state index in [0.717, 1.165) is 25.9 Å². The maximum Gasteiger partial charge on any atom is 0.490 e. The van der Waals surface area contributed by atoms with E-state index in [1.807, 2.05) is 18.7 Å². The zero-order chi connectivity index (χ0) is 31.4. The van der Waals surface area contributed by atoms with E-state index in [9.17, 15) is 35.2 Å². The lowest BCUT2D eigenvalue weighted by molar-refractivity contribution is -0.199. The number of sulfonamides is 1. The van der Waals surface area contributed by atoms with Crippen molar-refractivity contribution in [3.63, 3.8) is 0 Å². The normalized spacial score (nSPS) is 14.7. The van der Waals surface area contributed by atoms with Crippen LogP contribution in [0.1, 0.15) is 38.4 Å². The highest BCUT2D eigenvalue weighted by molar-refractivity contribution is 7.89. The summed E-state index contributed by atoms with van der Waals surface area (Å²) in [5.41, 5.74) is 0.0458. The molecule has 234 valence electrons. The molecule has 0 atom stereocenters. The number of carbonyl (C=O) groups is 1. The number of nitrogens with one attached hydrogen (secondary N) is 1. The molecule has 1 aliphatic rings. The van der Waals surface area contributed by atoms with Crippen LogP contribution in [-0.4, -0.2) is 63.6 Å². The molecule has 1 fully saturated rings. The van der Waals surface area contributed by atoms with Gasteiger partial charge in [0.2, 0.25) is 10.0 Å². The summed E-state index contributed by atoms with van der Waals surface area (Å²) in [6.45, 7) is 4.16. The van der Waals surface area contributed by atoms with Gasteiger partial charge in [0.05, 0.1) is 6.61 Å². The molecule has 0 radical (unpaired) electrons. The van der Waals surface area contributed by atoms with E-state index < -0.39 is 51.9 Å². The van der Waals surface area contributed by atoms with Crippen molar-refractivity contribution in [2.24, 2.45) is 5.92 Å². The summed E-state index contributed by atoms with van der Waals surface area (Å²) >= 11 is 0. The number of esters is 1. The summed E-state index contributed by atoms with van der Waals surface area (Å²) in [7, 11) is -4.66. The number of alkyl halides is 3. The maximum atomic E-state index is 14.9. The molecule has 0 saturated carbocycles. The molecule has 1 aromatic heterocycles. The standard InChI is InChI=1S/C27H29F5N4O6S/c1-16(2)24-34-26(42-35-24)36-10-7-17(8-11-36)15-41-19-5-3-18(4-6-19)20-13-22(29)23(14-21(20)28)43(38,39)33-9-12-40-25(37)27(30,31)32/h3-6,13-14,16-17,33H,7-12,15H2,1-2H3. The molecule has 4 rings (SSSR count). The number of anilines is 1. The molecule has 16 heteroatoms. The summed E-state index contributed by atoms with van der Waals surface area (Å²) in [6.07, 6.45) is -3.54. The fourth-order valence-electron chi connectivity index (χ4n) is 4.26. The van der Waals surface area contributed by atoms with Gasteiger partial charge in [-0.3, -0.25) is 0 Å². The second-order valence-electron chi connectivity index (χ2n) is 10.1. The third-order valence-electron chi connectivity index (χ3n) is 6.65. The van der Waals surface area contributed by atoms with Crippen LogP contribution in [0.5, 0.6) is 5.75 Å². The van der Waals surface area contributed by atoms with Gasteiger partial charge in [0.15, 0.2) is 5.82 Å². The molecule has 1 aliphatic heterocycles. The summed E-state index contributed by atoms with van der Waals surface area (Å²) in [4.78, 5) is 16.1. The summed E-state index contributed by atoms with van der Waals surface area (Å²) < 4.78 is 108. The Balaban J connectivity index is 1.30. The first kappa shape index (κ1) is 32.1. The van der Waals surface area contributed by atoms with E-state index in [1.165, 1.54) is 12.1 Å². The van der Waals surface area contributed by atoms with Crippen molar-refractivity contribution in [1.82, 2.24) is 14.9 Å². The van der Waals surface area contributed by atoms with Crippen LogP contribution in [0.4, 0.5) is 28.0 Å². The van der Waals surface area contributed by atoms with Crippen molar-refractivity contribution < 1.29 is 49.2 Å². The second kappa shape index (κ2) is 13.2. The molecule has 2 aromatic carbocycles. The number of nitrogens with zero attached hydrogens (tertiary/aromatic N) is 3. The molecule has 0 amide bonds. The van der Waals surface area contributed by atoms with Crippen molar-refractivity contribution in [1.29, 1.82) is 0 Å². The van der Waals surface area contributed by atoms with Gasteiger partial charge < -0.3 is 18.9 Å². The fourth-order valence-corrected chi connectivity index (χ4v) is 5.34. The van der Waals surface area contributed by atoms with Crippen LogP contribution in [0, 0.1) is 17.6 Å². The lowest BCUT2D eigenvalue weighted by Gasteiger charge is -2.30. The van der Waals surface area contributed by atoms with Crippen LogP contribution in [0.25, 0.3) is 11.1 Å². The summed E-state index contributed by atoms with van der Waals surface area (Å²) in [5, 5.41) is 4.00. The van der Waals surface area contributed by atoms with Crippen LogP contribution in [-0.2, 0) is 19.6 Å². The van der Waals surface area contributed by atoms with Crippen LogP contribution in [0.15, 0.2) is 45.8 Å². The van der Waals surface area contributed by atoms with Crippen molar-refractivity contribution >= 4 is 22.0 Å². The highest BCUT2D eigenvalue weighted by atomic mass is 32.2. The molecule has 0 unspecified atom stereocenters. The van der Waals surface area contributed by atoms with Crippen molar-refractivity contribution in [3.05, 3.63) is 53.9 Å². The summed E-state index contributed by atoms with van der Waals surface area (Å²) in [5.74, 6) is -3.21. The lowest BCUT2D eigenvalue weighted by Crippen LogP contribution is -2.35. The highest BCUT2D eigenvalue weighted by Gasteiger charge is 2.40. The number of ether oxygens (including phenoxy) is 2. The van der Waals surface area contributed by atoms with Gasteiger partial charge in [0, 0.05) is 31.1 Å². The second-order valence-corrected chi connectivity index (χ2v) is 11.9. The average Bonchev–Trinajstić information content (AvgIpc) is 3.46. The van der Waals surface area contributed by atoms with Gasteiger partial charge in [-0.05, 0) is 48.6 Å². The minimum atomic E-state index is -5.25. The van der Waals surface area contributed by atoms with E-state index in [4.69, 9.17) is 9.26 Å². The number of hydrogen-bond acceptors (Lipinski definition) is 9. The van der Waals surface area contributed by atoms with Gasteiger partial charge in [-0.15, -0.1) is 0 Å². The molecule has 3 aromatic rings. The number of hydrogen-bond donors (Lipinski definition) is 1. The first-order chi connectivity index (χ1) is 20.2. The third kappa shape index (κ3) is 8.19. The molecule has 1 saturated heterocycles. The van der Waals surface area contributed by atoms with E-state index in [0.29, 0.717) is 36.3 Å². The highest BCUT2D eigenvalue weighted by Crippen LogP contribution is 2.30. The molecule has 1 N–H and O–H groups in total. The maximum absolute atomic E-state index is 14.9. The van der Waals surface area contributed by atoms with E-state index in [2.05, 4.69) is 14.9 Å². The van der Waals surface area contributed by atoms with Gasteiger partial charge in [0.25, 0.3) is 0 Å². The van der Waals surface area contributed by atoms with Gasteiger partial charge in [-0.1, -0.05) is 31.1 Å². The number of aromatic nitrogens is 2. The Morgan fingerprint density at radius 1 is 1.12 bits per heavy atom. The van der Waals surface area contributed by atoms with Crippen LogP contribution in [0.3, 0.4) is 0 Å². The Hall–Kier alpha value is -3.79. The van der Waals surface area contributed by atoms with Crippen molar-refractivity contribution in [2.45, 2.75) is 43.7 Å². The SMILES string of the molecule is CC(C)c1noc(N2CCC(COc3ccc(-c4cc(F)c(S(=O)(=O)NCCOC(=O)C(F)(F)F)cc4F)cc3)CC2)n1. The first-order valence-electron chi connectivity index (χ1n) is 13.3. The van der Waals surface area contributed by atoms with Gasteiger partial charge in [-0.2, -0.15) is 18.2 Å². The summed E-state index contributed by atoms with van der Waals surface area (Å²) in [6, 6.07) is 7.84. The Morgan fingerprint density at radius 2 is 1.79 bits per heavy atom. The predicted octanol–water partition coefficient (Wildman–Crippen LogP) is 4.82. The predicted molar refractivity (Wildman–Crippen MR) is 143 cm³/mol. The quantitative estimate of drug-likeness (QED) is 0.180. The van der Waals surface area contributed by atoms with Crippen molar-refractivity contribution in [3.8, 4) is 16.9 Å². The van der Waals surface area contributed by atoms with Crippen LogP contribution in [0.2, 0.25) is 0 Å². The lowest BCUT2D eigenvalue weighted by atomic mass is 9.98. The zero-order valence-electron chi connectivity index (χ0n) is 23.2. The average molecular weight is 633 g/mol. The smallest absolute Gasteiger partial charge is 0.490 e. The molecule has 0 aliphatic carbocycles. The topological polar surface area (TPSA) is 124 Å². The minimum absolute atomic E-state index is 0.174. The zero-order valence-corrected chi connectivity index (χ0v) is 24.0. The Kier molecular flexibility index (Phi) is 9.89. The van der Waals surface area contributed by atoms with E-state index in [1.54, 1.807) is 16.9 Å². The molecular weight excluding hydrogens is 603 g/mol. The fraction of sp³-hybridized carbons (Fsp3) is 0.444. The minimum Gasteiger partial charge on any atom is -0.493 e. The number of rotatable bonds is 11. The third-order valence-corrected chi connectivity index (χ3v) is 8.13. The Morgan fingerprint density at radius 3 is 2.40 bits per heavy atom. The van der Waals surface area contributed by atoms with Gasteiger partial charge >= 0.3 is 18.2 Å². The van der Waals surface area contributed by atoms with E-state index in [-0.39, 0.29) is 23.0 Å². The molecule has 0 bridgehead atoms. The van der Waals surface area contributed by atoms with Gasteiger partial charge in [-0.25, -0.2) is 26.7 Å². The van der Waals surface area contributed by atoms with E-state index >= 15 is 0 Å². The number of halogens is 5. The molecule has 43 heavy (non-hydrogen) atoms. The van der Waals surface area contributed by atoms with Crippen molar-refractivity contribution in [2.75, 3.05) is 37.7 Å². The molecule has 2 heterocycles. The van der Waals surface area contributed by atoms with Crippen LogP contribution < -0.4 is 14.4 Å². The molecule has 0 spiro atoms. The molecule has 10 nitrogen and oxygen atoms in total. The Labute approximate surface area is 244 Å². The first-order valence-corrected chi connectivity index (χ1v) is 14.8. The Bertz CT molecular complexity index is 1520. The largest absolute Gasteiger partial charge is 0.493 e. The number of carbonyl (C=O) groups excluding carboxylic acids is 1.